The van der Waals surface area contributed by atoms with E-state index < -0.39 is 17.8 Å². The summed E-state index contributed by atoms with van der Waals surface area (Å²) in [6.07, 6.45) is 26.5. The lowest BCUT2D eigenvalue weighted by atomic mass is 9.83. The Bertz CT molecular complexity index is 554. The zero-order valence-electron chi connectivity index (χ0n) is 22.6. The maximum Gasteiger partial charge on any atom is 0.310 e. The number of carboxylic acids is 1. The summed E-state index contributed by atoms with van der Waals surface area (Å²) in [7, 11) is 0. The van der Waals surface area contributed by atoms with Gasteiger partial charge in [0.1, 0.15) is 6.10 Å². The second-order valence-corrected chi connectivity index (χ2v) is 10.9. The van der Waals surface area contributed by atoms with E-state index >= 15 is 0 Å². The van der Waals surface area contributed by atoms with Crippen LogP contribution in [-0.2, 0) is 14.3 Å². The van der Waals surface area contributed by atoms with Crippen molar-refractivity contribution in [1.29, 1.82) is 0 Å². The SMILES string of the molecule is CCCCCCCCCCCCCCCCCC(CC(C)C)OC(=O)C1CC=CCC1C(=O)O. The van der Waals surface area contributed by atoms with Crippen LogP contribution in [0.5, 0.6) is 0 Å². The molecule has 34 heavy (non-hydrogen) atoms. The van der Waals surface area contributed by atoms with Gasteiger partial charge in [0.25, 0.3) is 0 Å². The Morgan fingerprint density at radius 3 is 1.65 bits per heavy atom. The minimum Gasteiger partial charge on any atom is -0.481 e. The second-order valence-electron chi connectivity index (χ2n) is 10.9. The molecule has 0 aliphatic heterocycles. The van der Waals surface area contributed by atoms with Gasteiger partial charge < -0.3 is 9.84 Å². The summed E-state index contributed by atoms with van der Waals surface area (Å²) in [5.74, 6) is -1.95. The molecule has 0 aromatic heterocycles. The molecule has 4 nitrogen and oxygen atoms in total. The summed E-state index contributed by atoms with van der Waals surface area (Å²) in [6, 6.07) is 0. The number of carboxylic acid groups (broad SMARTS) is 1. The first-order valence-corrected chi connectivity index (χ1v) is 14.5. The molecule has 1 N–H and O–H groups in total. The lowest BCUT2D eigenvalue weighted by Crippen LogP contribution is -2.34. The standard InChI is InChI=1S/C30H54O4/c1-4-5-6-7-8-9-10-11-12-13-14-15-16-17-18-21-26(24-25(2)3)34-30(33)28-23-20-19-22-27(28)29(31)32/h19-20,25-28H,4-18,21-24H2,1-3H3,(H,31,32). The van der Waals surface area contributed by atoms with E-state index in [-0.39, 0.29) is 12.1 Å². The first-order valence-electron chi connectivity index (χ1n) is 14.5. The van der Waals surface area contributed by atoms with Crippen LogP contribution < -0.4 is 0 Å². The maximum atomic E-state index is 12.7. The summed E-state index contributed by atoms with van der Waals surface area (Å²) in [5.41, 5.74) is 0. The summed E-state index contributed by atoms with van der Waals surface area (Å²) in [5, 5.41) is 9.45. The average Bonchev–Trinajstić information content (AvgIpc) is 2.81. The molecule has 0 bridgehead atoms. The third-order valence-corrected chi connectivity index (χ3v) is 7.20. The summed E-state index contributed by atoms with van der Waals surface area (Å²) in [4.78, 5) is 24.3. The van der Waals surface area contributed by atoms with Crippen molar-refractivity contribution in [2.75, 3.05) is 0 Å². The molecule has 1 aliphatic rings. The molecule has 0 saturated heterocycles. The maximum absolute atomic E-state index is 12.7. The normalized spacial score (nSPS) is 18.8. The number of hydrogen-bond acceptors (Lipinski definition) is 3. The van der Waals surface area contributed by atoms with Gasteiger partial charge in [-0.15, -0.1) is 0 Å². The molecule has 0 spiro atoms. The largest absolute Gasteiger partial charge is 0.481 e. The van der Waals surface area contributed by atoms with E-state index in [9.17, 15) is 14.7 Å². The number of hydrogen-bond donors (Lipinski definition) is 1. The van der Waals surface area contributed by atoms with Crippen molar-refractivity contribution in [3.63, 3.8) is 0 Å². The van der Waals surface area contributed by atoms with Crippen molar-refractivity contribution < 1.29 is 19.4 Å². The number of esters is 1. The molecule has 0 aromatic carbocycles. The summed E-state index contributed by atoms with van der Waals surface area (Å²) in [6.45, 7) is 6.57. The molecule has 0 heterocycles. The molecular weight excluding hydrogens is 424 g/mol. The topological polar surface area (TPSA) is 63.6 Å². The van der Waals surface area contributed by atoms with Gasteiger partial charge in [-0.2, -0.15) is 0 Å². The van der Waals surface area contributed by atoms with Gasteiger partial charge in [0, 0.05) is 0 Å². The van der Waals surface area contributed by atoms with Gasteiger partial charge in [-0.3, -0.25) is 9.59 Å². The van der Waals surface area contributed by atoms with E-state index in [0.717, 1.165) is 19.3 Å². The van der Waals surface area contributed by atoms with E-state index in [1.165, 1.54) is 89.9 Å². The van der Waals surface area contributed by atoms with Gasteiger partial charge in [-0.05, 0) is 38.0 Å². The Morgan fingerprint density at radius 1 is 0.765 bits per heavy atom. The monoisotopic (exact) mass is 478 g/mol. The van der Waals surface area contributed by atoms with Gasteiger partial charge in [-0.1, -0.05) is 123 Å². The highest BCUT2D eigenvalue weighted by Gasteiger charge is 2.36. The van der Waals surface area contributed by atoms with Crippen LogP contribution in [0, 0.1) is 17.8 Å². The minimum atomic E-state index is -0.894. The molecule has 3 unspecified atom stereocenters. The van der Waals surface area contributed by atoms with Crippen LogP contribution >= 0.6 is 0 Å². The Kier molecular flexibility index (Phi) is 18.0. The summed E-state index contributed by atoms with van der Waals surface area (Å²) >= 11 is 0. The number of ether oxygens (including phenoxy) is 1. The van der Waals surface area contributed by atoms with Gasteiger partial charge in [0.05, 0.1) is 11.8 Å². The number of unbranched alkanes of at least 4 members (excludes halogenated alkanes) is 14. The fourth-order valence-corrected chi connectivity index (χ4v) is 5.09. The van der Waals surface area contributed by atoms with Crippen molar-refractivity contribution in [3.05, 3.63) is 12.2 Å². The van der Waals surface area contributed by atoms with Crippen LogP contribution in [-0.4, -0.2) is 23.1 Å². The molecule has 198 valence electrons. The summed E-state index contributed by atoms with van der Waals surface area (Å²) < 4.78 is 5.86. The third-order valence-electron chi connectivity index (χ3n) is 7.20. The van der Waals surface area contributed by atoms with Crippen molar-refractivity contribution in [3.8, 4) is 0 Å². The molecule has 1 aliphatic carbocycles. The Balaban J connectivity index is 2.13. The van der Waals surface area contributed by atoms with E-state index in [4.69, 9.17) is 4.74 Å². The number of carbonyl (C=O) groups excluding carboxylic acids is 1. The van der Waals surface area contributed by atoms with Crippen molar-refractivity contribution in [2.45, 2.75) is 149 Å². The van der Waals surface area contributed by atoms with Crippen molar-refractivity contribution >= 4 is 11.9 Å². The zero-order chi connectivity index (χ0) is 25.0. The Labute approximate surface area is 210 Å². The van der Waals surface area contributed by atoms with E-state index in [1.807, 2.05) is 12.2 Å². The van der Waals surface area contributed by atoms with Crippen LogP contribution in [0.4, 0.5) is 0 Å². The average molecular weight is 479 g/mol. The molecule has 0 saturated carbocycles. The highest BCUT2D eigenvalue weighted by molar-refractivity contribution is 5.81. The predicted molar refractivity (Wildman–Crippen MR) is 142 cm³/mol. The molecule has 0 fully saturated rings. The van der Waals surface area contributed by atoms with Crippen molar-refractivity contribution in [1.82, 2.24) is 0 Å². The fourth-order valence-electron chi connectivity index (χ4n) is 5.09. The fraction of sp³-hybridized carbons (Fsp3) is 0.867. The second kappa shape index (κ2) is 19.9. The molecule has 0 aromatic rings. The number of carbonyl (C=O) groups is 2. The van der Waals surface area contributed by atoms with Crippen LogP contribution in [0.15, 0.2) is 12.2 Å². The highest BCUT2D eigenvalue weighted by atomic mass is 16.5. The number of aliphatic carboxylic acids is 1. The lowest BCUT2D eigenvalue weighted by molar-refractivity contribution is -0.162. The molecule has 0 radical (unpaired) electrons. The Morgan fingerprint density at radius 2 is 1.21 bits per heavy atom. The van der Waals surface area contributed by atoms with Gasteiger partial charge in [-0.25, -0.2) is 0 Å². The van der Waals surface area contributed by atoms with E-state index in [1.54, 1.807) is 0 Å². The smallest absolute Gasteiger partial charge is 0.310 e. The van der Waals surface area contributed by atoms with Gasteiger partial charge in [0.2, 0.25) is 0 Å². The van der Waals surface area contributed by atoms with Crippen molar-refractivity contribution in [2.24, 2.45) is 17.8 Å². The van der Waals surface area contributed by atoms with Crippen LogP contribution in [0.3, 0.4) is 0 Å². The van der Waals surface area contributed by atoms with Gasteiger partial charge in [0.15, 0.2) is 0 Å². The molecule has 4 heteroatoms. The zero-order valence-corrected chi connectivity index (χ0v) is 22.6. The van der Waals surface area contributed by atoms with E-state index in [2.05, 4.69) is 20.8 Å². The number of rotatable bonds is 21. The van der Waals surface area contributed by atoms with Crippen LogP contribution in [0.2, 0.25) is 0 Å². The number of allylic oxidation sites excluding steroid dienone is 2. The molecule has 0 amide bonds. The van der Waals surface area contributed by atoms with Crippen LogP contribution in [0.25, 0.3) is 0 Å². The first kappa shape index (κ1) is 30.7. The predicted octanol–water partition coefficient (Wildman–Crippen LogP) is 8.87. The first-order chi connectivity index (χ1) is 16.5. The minimum absolute atomic E-state index is 0.0881. The Hall–Kier alpha value is -1.32. The van der Waals surface area contributed by atoms with E-state index in [0.29, 0.717) is 18.8 Å². The molecule has 1 rings (SSSR count). The van der Waals surface area contributed by atoms with Crippen LogP contribution in [0.1, 0.15) is 143 Å². The molecule has 3 atom stereocenters. The quantitative estimate of drug-likeness (QED) is 0.102. The van der Waals surface area contributed by atoms with Gasteiger partial charge >= 0.3 is 11.9 Å². The lowest BCUT2D eigenvalue weighted by Gasteiger charge is -2.27. The third kappa shape index (κ3) is 14.8. The molecular formula is C30H54O4. The highest BCUT2D eigenvalue weighted by Crippen LogP contribution is 2.28.